The van der Waals surface area contributed by atoms with Crippen molar-refractivity contribution in [3.8, 4) is 11.4 Å². The Morgan fingerprint density at radius 1 is 1.21 bits per heavy atom. The van der Waals surface area contributed by atoms with Gasteiger partial charge >= 0.3 is 0 Å². The first-order valence-corrected chi connectivity index (χ1v) is 6.30. The second kappa shape index (κ2) is 4.39. The van der Waals surface area contributed by atoms with E-state index in [1.165, 1.54) is 0 Å². The molecule has 96 valence electrons. The summed E-state index contributed by atoms with van der Waals surface area (Å²) in [5.41, 5.74) is 9.62. The molecule has 0 saturated heterocycles. The number of furan rings is 1. The molecule has 3 aromatic rings. The van der Waals surface area contributed by atoms with E-state index in [2.05, 4.69) is 16.9 Å². The Kier molecular flexibility index (Phi) is 2.71. The lowest BCUT2D eigenvalue weighted by molar-refractivity contribution is 0.616. The molecule has 4 heteroatoms. The van der Waals surface area contributed by atoms with Crippen LogP contribution in [0.4, 0.5) is 5.82 Å². The van der Waals surface area contributed by atoms with Gasteiger partial charge in [-0.2, -0.15) is 0 Å². The van der Waals surface area contributed by atoms with E-state index in [-0.39, 0.29) is 0 Å². The van der Waals surface area contributed by atoms with Crippen LogP contribution in [0.3, 0.4) is 0 Å². The van der Waals surface area contributed by atoms with Gasteiger partial charge in [0.25, 0.3) is 0 Å². The van der Waals surface area contributed by atoms with Gasteiger partial charge in [0.15, 0.2) is 5.82 Å². The average Bonchev–Trinajstić information content (AvgIpc) is 2.85. The van der Waals surface area contributed by atoms with Crippen molar-refractivity contribution in [2.45, 2.75) is 20.3 Å². The molecule has 0 spiro atoms. The molecule has 1 aromatic carbocycles. The van der Waals surface area contributed by atoms with Gasteiger partial charge in [0.1, 0.15) is 17.7 Å². The van der Waals surface area contributed by atoms with Crippen molar-refractivity contribution in [1.82, 2.24) is 9.97 Å². The third kappa shape index (κ3) is 1.85. The fourth-order valence-electron chi connectivity index (χ4n) is 2.20. The highest BCUT2D eigenvalue weighted by Gasteiger charge is 2.13. The first kappa shape index (κ1) is 11.7. The van der Waals surface area contributed by atoms with E-state index in [0.29, 0.717) is 11.6 Å². The Labute approximate surface area is 111 Å². The summed E-state index contributed by atoms with van der Waals surface area (Å²) in [6.07, 6.45) is 2.52. The van der Waals surface area contributed by atoms with E-state index in [0.717, 1.165) is 34.2 Å². The molecular formula is C15H15N3O. The monoisotopic (exact) mass is 253 g/mol. The van der Waals surface area contributed by atoms with E-state index in [1.54, 1.807) is 6.26 Å². The number of para-hydroxylation sites is 1. The normalized spacial score (nSPS) is 11.1. The molecule has 4 nitrogen and oxygen atoms in total. The maximum atomic E-state index is 5.97. The minimum atomic E-state index is 0.534. The predicted molar refractivity (Wildman–Crippen MR) is 75.8 cm³/mol. The van der Waals surface area contributed by atoms with Crippen molar-refractivity contribution in [1.29, 1.82) is 0 Å². The zero-order valence-corrected chi connectivity index (χ0v) is 11.0. The summed E-state index contributed by atoms with van der Waals surface area (Å²) in [5, 5.41) is 1.01. The SMILES string of the molecule is CCc1nc(-c2coc3ccccc23)nc(N)c1C. The van der Waals surface area contributed by atoms with Crippen LogP contribution in [-0.2, 0) is 6.42 Å². The van der Waals surface area contributed by atoms with Crippen molar-refractivity contribution < 1.29 is 4.42 Å². The zero-order valence-electron chi connectivity index (χ0n) is 11.0. The summed E-state index contributed by atoms with van der Waals surface area (Å²) < 4.78 is 5.53. The van der Waals surface area contributed by atoms with E-state index < -0.39 is 0 Å². The number of nitrogens with zero attached hydrogens (tertiary/aromatic N) is 2. The largest absolute Gasteiger partial charge is 0.464 e. The van der Waals surface area contributed by atoms with Crippen LogP contribution in [0.15, 0.2) is 34.9 Å². The highest BCUT2D eigenvalue weighted by Crippen LogP contribution is 2.29. The van der Waals surface area contributed by atoms with Crippen molar-refractivity contribution in [2.75, 3.05) is 5.73 Å². The molecule has 2 aromatic heterocycles. The topological polar surface area (TPSA) is 64.9 Å². The minimum Gasteiger partial charge on any atom is -0.464 e. The van der Waals surface area contributed by atoms with Crippen LogP contribution in [0.1, 0.15) is 18.2 Å². The van der Waals surface area contributed by atoms with Crippen molar-refractivity contribution in [2.24, 2.45) is 0 Å². The van der Waals surface area contributed by atoms with Gasteiger partial charge in [-0.05, 0) is 19.4 Å². The number of aryl methyl sites for hydroxylation is 1. The van der Waals surface area contributed by atoms with Gasteiger partial charge in [-0.25, -0.2) is 9.97 Å². The van der Waals surface area contributed by atoms with Gasteiger partial charge in [-0.1, -0.05) is 25.1 Å². The van der Waals surface area contributed by atoms with Gasteiger partial charge in [0, 0.05) is 16.6 Å². The Balaban J connectivity index is 2.24. The van der Waals surface area contributed by atoms with E-state index >= 15 is 0 Å². The van der Waals surface area contributed by atoms with E-state index in [4.69, 9.17) is 10.2 Å². The van der Waals surface area contributed by atoms with Crippen LogP contribution in [-0.4, -0.2) is 9.97 Å². The third-order valence-electron chi connectivity index (χ3n) is 3.34. The summed E-state index contributed by atoms with van der Waals surface area (Å²) in [7, 11) is 0. The number of nitrogens with two attached hydrogens (primary N) is 1. The second-order valence-corrected chi connectivity index (χ2v) is 4.50. The number of aromatic nitrogens is 2. The summed E-state index contributed by atoms with van der Waals surface area (Å²) in [5.74, 6) is 1.16. The molecule has 0 saturated carbocycles. The zero-order chi connectivity index (χ0) is 13.4. The average molecular weight is 253 g/mol. The Bertz CT molecular complexity index is 746. The molecule has 0 aliphatic carbocycles. The van der Waals surface area contributed by atoms with Crippen LogP contribution in [0, 0.1) is 6.92 Å². The lowest BCUT2D eigenvalue weighted by Gasteiger charge is -2.07. The van der Waals surface area contributed by atoms with Crippen LogP contribution >= 0.6 is 0 Å². The number of nitrogen functional groups attached to an aromatic ring is 1. The van der Waals surface area contributed by atoms with Crippen LogP contribution in [0.5, 0.6) is 0 Å². The summed E-state index contributed by atoms with van der Waals surface area (Å²) in [6.45, 7) is 4.01. The standard InChI is InChI=1S/C15H15N3O/c1-3-12-9(2)14(16)18-15(17-12)11-8-19-13-7-5-4-6-10(11)13/h4-8H,3H2,1-2H3,(H2,16,17,18). The lowest BCUT2D eigenvalue weighted by Crippen LogP contribution is -2.03. The number of hydrogen-bond donors (Lipinski definition) is 1. The molecule has 0 aliphatic heterocycles. The Morgan fingerprint density at radius 2 is 2.00 bits per heavy atom. The highest BCUT2D eigenvalue weighted by atomic mass is 16.3. The molecule has 3 rings (SSSR count). The molecule has 0 aliphatic rings. The number of hydrogen-bond acceptors (Lipinski definition) is 4. The van der Waals surface area contributed by atoms with Crippen LogP contribution in [0.25, 0.3) is 22.4 Å². The number of anilines is 1. The van der Waals surface area contributed by atoms with E-state index in [9.17, 15) is 0 Å². The second-order valence-electron chi connectivity index (χ2n) is 4.50. The molecule has 0 bridgehead atoms. The summed E-state index contributed by atoms with van der Waals surface area (Å²) in [4.78, 5) is 8.97. The lowest BCUT2D eigenvalue weighted by atomic mass is 10.1. The maximum Gasteiger partial charge on any atom is 0.165 e. The molecular weight excluding hydrogens is 238 g/mol. The molecule has 0 radical (unpaired) electrons. The molecule has 0 unspecified atom stereocenters. The number of benzene rings is 1. The number of fused-ring (bicyclic) bond motifs is 1. The van der Waals surface area contributed by atoms with Crippen molar-refractivity contribution in [3.63, 3.8) is 0 Å². The molecule has 2 heterocycles. The van der Waals surface area contributed by atoms with Crippen molar-refractivity contribution >= 4 is 16.8 Å². The maximum absolute atomic E-state index is 5.97. The summed E-state index contributed by atoms with van der Waals surface area (Å²) >= 11 is 0. The smallest absolute Gasteiger partial charge is 0.165 e. The highest BCUT2D eigenvalue weighted by molar-refractivity contribution is 5.92. The first-order chi connectivity index (χ1) is 9.20. The number of rotatable bonds is 2. The molecule has 0 amide bonds. The van der Waals surface area contributed by atoms with Crippen molar-refractivity contribution in [3.05, 3.63) is 41.8 Å². The fraction of sp³-hybridized carbons (Fsp3) is 0.200. The predicted octanol–water partition coefficient (Wildman–Crippen LogP) is 3.34. The molecule has 2 N–H and O–H groups in total. The quantitative estimate of drug-likeness (QED) is 0.760. The van der Waals surface area contributed by atoms with Gasteiger partial charge in [0.2, 0.25) is 0 Å². The Hall–Kier alpha value is -2.36. The van der Waals surface area contributed by atoms with Gasteiger partial charge < -0.3 is 10.2 Å². The fourth-order valence-corrected chi connectivity index (χ4v) is 2.20. The molecule has 0 atom stereocenters. The molecule has 0 fully saturated rings. The van der Waals surface area contributed by atoms with Crippen LogP contribution < -0.4 is 5.73 Å². The van der Waals surface area contributed by atoms with Crippen LogP contribution in [0.2, 0.25) is 0 Å². The van der Waals surface area contributed by atoms with Gasteiger partial charge in [0.05, 0.1) is 5.56 Å². The summed E-state index contributed by atoms with van der Waals surface area (Å²) in [6, 6.07) is 7.84. The minimum absolute atomic E-state index is 0.534. The van der Waals surface area contributed by atoms with Gasteiger partial charge in [-0.3, -0.25) is 0 Å². The molecule has 19 heavy (non-hydrogen) atoms. The third-order valence-corrected chi connectivity index (χ3v) is 3.34. The Morgan fingerprint density at radius 3 is 2.79 bits per heavy atom. The van der Waals surface area contributed by atoms with Gasteiger partial charge in [-0.15, -0.1) is 0 Å². The van der Waals surface area contributed by atoms with E-state index in [1.807, 2.05) is 31.2 Å². The first-order valence-electron chi connectivity index (χ1n) is 6.30.